The highest BCUT2D eigenvalue weighted by Crippen LogP contribution is 2.47. The number of carbonyl (C=O) groups is 2. The number of hydrogen-bond acceptors (Lipinski definition) is 12. The van der Waals surface area contributed by atoms with Crippen molar-refractivity contribution in [2.75, 3.05) is 13.2 Å². The topological polar surface area (TPSA) is 210 Å². The van der Waals surface area contributed by atoms with E-state index >= 15 is 0 Å². The summed E-state index contributed by atoms with van der Waals surface area (Å²) in [5.74, 6) is -1.06. The molecule has 1 saturated carbocycles. The number of carbonyl (C=O) groups excluding carboxylic acids is 2. The van der Waals surface area contributed by atoms with E-state index < -0.39 is 75.7 Å². The maximum Gasteiger partial charge on any atom is 0.472 e. The van der Waals surface area contributed by atoms with E-state index in [0.29, 0.717) is 12.8 Å². The molecule has 1 fully saturated rings. The Morgan fingerprint density at radius 2 is 0.464 bits per heavy atom. The van der Waals surface area contributed by atoms with Crippen molar-refractivity contribution < 1.29 is 63.1 Å². The first-order valence-corrected chi connectivity index (χ1v) is 44.3. The molecule has 1 aliphatic rings. The maximum atomic E-state index is 13.0. The SMILES string of the molecule is CCCCCCCCCCCCCCCCCCCCCCCCCCCCCCCCCCCCC(=O)OC[C@H](COP(=O)(O)OC1C(O)C(O)C(O)[C@@H](O)C1O)OC(=O)CCCCCCCCCCCCCCCCCCCCCCCCCCCCCCCCCCCC. The molecule has 8 atom stereocenters. The summed E-state index contributed by atoms with van der Waals surface area (Å²) in [6.07, 6.45) is 78.1. The van der Waals surface area contributed by atoms with Gasteiger partial charge in [-0.3, -0.25) is 18.6 Å². The van der Waals surface area contributed by atoms with Gasteiger partial charge >= 0.3 is 19.8 Å². The van der Waals surface area contributed by atoms with Gasteiger partial charge in [-0.05, 0) is 12.8 Å². The van der Waals surface area contributed by atoms with Gasteiger partial charge in [0.2, 0.25) is 0 Å². The zero-order valence-electron chi connectivity index (χ0n) is 63.9. The summed E-state index contributed by atoms with van der Waals surface area (Å²) in [4.78, 5) is 36.3. The first-order chi connectivity index (χ1) is 47.4. The molecule has 0 aromatic rings. The number of rotatable bonds is 78. The van der Waals surface area contributed by atoms with E-state index in [2.05, 4.69) is 13.8 Å². The molecule has 0 aromatic carbocycles. The number of aliphatic hydroxyl groups is 5. The van der Waals surface area contributed by atoms with Crippen LogP contribution in [0.15, 0.2) is 0 Å². The minimum atomic E-state index is -5.13. The lowest BCUT2D eigenvalue weighted by molar-refractivity contribution is -0.220. The fraction of sp³-hybridized carbons (Fsp3) is 0.976. The normalized spacial score (nSPS) is 18.2. The van der Waals surface area contributed by atoms with Crippen LogP contribution < -0.4 is 0 Å². The molecule has 0 aromatic heterocycles. The van der Waals surface area contributed by atoms with Crippen LogP contribution in [0.5, 0.6) is 0 Å². The summed E-state index contributed by atoms with van der Waals surface area (Å²) in [5, 5.41) is 50.8. The predicted molar refractivity (Wildman–Crippen MR) is 406 cm³/mol. The Kier molecular flexibility index (Phi) is 69.5. The van der Waals surface area contributed by atoms with E-state index in [1.165, 1.54) is 385 Å². The summed E-state index contributed by atoms with van der Waals surface area (Å²) in [7, 11) is -5.13. The standard InChI is InChI=1S/C83H163O13P/c1-3-5-7-9-11-13-15-17-19-21-23-25-27-29-31-33-35-37-39-41-43-45-47-49-51-53-55-57-59-61-63-65-67-69-71-76(84)93-73-75(74-94-97(91,92)96-83-81(89)79(87)78(86)80(88)82(83)90)95-77(85)72-70-68-66-64-62-60-58-56-54-52-50-48-46-44-42-40-38-36-34-32-30-28-26-24-22-20-18-16-14-12-10-8-6-4-2/h75,78-83,86-90H,3-74H2,1-2H3,(H,91,92)/t75-,78?,79-,80?,81?,82?,83?/m1/s1. The molecule has 13 nitrogen and oxygen atoms in total. The fourth-order valence-corrected chi connectivity index (χ4v) is 15.3. The van der Waals surface area contributed by atoms with Gasteiger partial charge < -0.3 is 39.9 Å². The van der Waals surface area contributed by atoms with Gasteiger partial charge in [-0.1, -0.05) is 438 Å². The monoisotopic (exact) mass is 1400 g/mol. The van der Waals surface area contributed by atoms with Gasteiger partial charge in [-0.25, -0.2) is 4.57 Å². The van der Waals surface area contributed by atoms with Crippen LogP contribution in [0.25, 0.3) is 0 Å². The van der Waals surface area contributed by atoms with Gasteiger partial charge in [-0.15, -0.1) is 0 Å². The lowest BCUT2D eigenvalue weighted by Crippen LogP contribution is -2.64. The number of unbranched alkanes of at least 4 members (excludes halogenated alkanes) is 66. The second-order valence-electron chi connectivity index (χ2n) is 30.4. The van der Waals surface area contributed by atoms with Crippen molar-refractivity contribution in [1.29, 1.82) is 0 Å². The van der Waals surface area contributed by atoms with E-state index in [1.807, 2.05) is 0 Å². The molecule has 0 saturated heterocycles. The number of aliphatic hydroxyl groups excluding tert-OH is 5. The Bertz CT molecular complexity index is 1670. The highest BCUT2D eigenvalue weighted by molar-refractivity contribution is 7.47. The van der Waals surface area contributed by atoms with Crippen LogP contribution in [0.1, 0.15) is 463 Å². The zero-order valence-corrected chi connectivity index (χ0v) is 64.8. The van der Waals surface area contributed by atoms with Crippen LogP contribution in [0.3, 0.4) is 0 Å². The average molecular weight is 1400 g/mol. The molecule has 0 heterocycles. The number of ether oxygens (including phenoxy) is 2. The fourth-order valence-electron chi connectivity index (χ4n) is 14.3. The summed E-state index contributed by atoms with van der Waals surface area (Å²) < 4.78 is 34.1. The van der Waals surface area contributed by atoms with Crippen LogP contribution in [-0.4, -0.2) is 98.3 Å². The van der Waals surface area contributed by atoms with Crippen molar-refractivity contribution in [3.63, 3.8) is 0 Å². The lowest BCUT2D eigenvalue weighted by atomic mass is 9.85. The second kappa shape index (κ2) is 71.8. The first-order valence-electron chi connectivity index (χ1n) is 42.8. The van der Waals surface area contributed by atoms with Crippen molar-refractivity contribution in [3.8, 4) is 0 Å². The molecule has 0 amide bonds. The molecular weight excluding hydrogens is 1240 g/mol. The summed E-state index contributed by atoms with van der Waals surface area (Å²) in [6.45, 7) is 3.44. The number of phosphoric acid groups is 1. The van der Waals surface area contributed by atoms with Crippen LogP contribution in [0.4, 0.5) is 0 Å². The van der Waals surface area contributed by atoms with Crippen LogP contribution >= 0.6 is 7.82 Å². The first kappa shape index (κ1) is 93.9. The van der Waals surface area contributed by atoms with Crippen molar-refractivity contribution >= 4 is 19.8 Å². The lowest BCUT2D eigenvalue weighted by Gasteiger charge is -2.41. The molecule has 14 heteroatoms. The quantitative estimate of drug-likeness (QED) is 0.0190. The highest BCUT2D eigenvalue weighted by atomic mass is 31.2. The molecule has 0 radical (unpaired) electrons. The Hall–Kier alpha value is -1.15. The smallest absolute Gasteiger partial charge is 0.462 e. The third-order valence-corrected chi connectivity index (χ3v) is 21.9. The molecule has 6 unspecified atom stereocenters. The van der Waals surface area contributed by atoms with Crippen molar-refractivity contribution in [3.05, 3.63) is 0 Å². The van der Waals surface area contributed by atoms with Gasteiger partial charge in [0, 0.05) is 12.8 Å². The van der Waals surface area contributed by atoms with Crippen molar-refractivity contribution in [2.24, 2.45) is 0 Å². The molecule has 1 rings (SSSR count). The molecule has 97 heavy (non-hydrogen) atoms. The van der Waals surface area contributed by atoms with Crippen LogP contribution in [0.2, 0.25) is 0 Å². The highest BCUT2D eigenvalue weighted by Gasteiger charge is 2.51. The summed E-state index contributed by atoms with van der Waals surface area (Å²) >= 11 is 0. The van der Waals surface area contributed by atoms with E-state index in [-0.39, 0.29) is 12.8 Å². The molecule has 6 N–H and O–H groups in total. The predicted octanol–water partition coefficient (Wildman–Crippen LogP) is 24.1. The van der Waals surface area contributed by atoms with Gasteiger partial charge in [-0.2, -0.15) is 0 Å². The van der Waals surface area contributed by atoms with E-state index in [0.717, 1.165) is 38.5 Å². The van der Waals surface area contributed by atoms with E-state index in [1.54, 1.807) is 0 Å². The Labute approximate surface area is 599 Å². The third kappa shape index (κ3) is 62.0. The minimum absolute atomic E-state index is 0.107. The van der Waals surface area contributed by atoms with Crippen LogP contribution in [0, 0.1) is 0 Å². The minimum Gasteiger partial charge on any atom is -0.462 e. The van der Waals surface area contributed by atoms with E-state index in [4.69, 9.17) is 18.5 Å². The zero-order chi connectivity index (χ0) is 70.4. The van der Waals surface area contributed by atoms with Gasteiger partial charge in [0.1, 0.15) is 43.2 Å². The van der Waals surface area contributed by atoms with Gasteiger partial charge in [0.25, 0.3) is 0 Å². The molecule has 0 bridgehead atoms. The van der Waals surface area contributed by atoms with Gasteiger partial charge in [0.15, 0.2) is 6.10 Å². The second-order valence-corrected chi connectivity index (χ2v) is 31.8. The summed E-state index contributed by atoms with van der Waals surface area (Å²) in [5.41, 5.74) is 0. The number of hydrogen-bond donors (Lipinski definition) is 6. The van der Waals surface area contributed by atoms with Crippen molar-refractivity contribution in [2.45, 2.75) is 506 Å². The summed E-state index contributed by atoms with van der Waals surface area (Å²) in [6, 6.07) is 0. The van der Waals surface area contributed by atoms with Crippen molar-refractivity contribution in [1.82, 2.24) is 0 Å². The largest absolute Gasteiger partial charge is 0.472 e. The Balaban J connectivity index is 2.11. The van der Waals surface area contributed by atoms with E-state index in [9.17, 15) is 44.6 Å². The average Bonchev–Trinajstić information content (AvgIpc) is 0.796. The number of phosphoric ester groups is 1. The third-order valence-electron chi connectivity index (χ3n) is 20.9. The molecule has 1 aliphatic carbocycles. The molecule has 0 aliphatic heterocycles. The number of esters is 2. The molecule has 0 spiro atoms. The Morgan fingerprint density at radius 3 is 0.680 bits per heavy atom. The molecule has 578 valence electrons. The molecular formula is C83H163O13P. The van der Waals surface area contributed by atoms with Gasteiger partial charge in [0.05, 0.1) is 6.61 Å². The Morgan fingerprint density at radius 1 is 0.278 bits per heavy atom. The maximum absolute atomic E-state index is 13.0. The van der Waals surface area contributed by atoms with Crippen LogP contribution in [-0.2, 0) is 32.7 Å².